The fourth-order valence-electron chi connectivity index (χ4n) is 2.24. The first-order valence-electron chi connectivity index (χ1n) is 6.21. The minimum atomic E-state index is -0.904. The van der Waals surface area contributed by atoms with Crippen molar-refractivity contribution in [2.45, 2.75) is 39.0 Å². The molecule has 0 saturated heterocycles. The zero-order chi connectivity index (χ0) is 12.0. The lowest BCUT2D eigenvalue weighted by molar-refractivity contribution is -0.132. The van der Waals surface area contributed by atoms with E-state index in [1.54, 1.807) is 0 Å². The van der Waals surface area contributed by atoms with Gasteiger partial charge in [0.2, 0.25) is 0 Å². The molecule has 0 aromatic heterocycles. The Hall–Kier alpha value is -0.830. The maximum absolute atomic E-state index is 10.5. The van der Waals surface area contributed by atoms with Crippen LogP contribution in [0.15, 0.2) is 12.2 Å². The van der Waals surface area contributed by atoms with Crippen LogP contribution in [0.1, 0.15) is 39.0 Å². The molecule has 0 aliphatic heterocycles. The van der Waals surface area contributed by atoms with Gasteiger partial charge in [-0.2, -0.15) is 0 Å². The number of carboxylic acids is 1. The van der Waals surface area contributed by atoms with E-state index in [2.05, 4.69) is 18.8 Å². The third-order valence-corrected chi connectivity index (χ3v) is 3.51. The van der Waals surface area contributed by atoms with Crippen molar-refractivity contribution in [3.05, 3.63) is 12.2 Å². The first-order chi connectivity index (χ1) is 7.59. The number of carboxylic acid groups (broad SMARTS) is 1. The van der Waals surface area contributed by atoms with E-state index in [4.69, 9.17) is 5.11 Å². The van der Waals surface area contributed by atoms with Crippen molar-refractivity contribution in [2.24, 2.45) is 11.8 Å². The molecule has 0 bridgehead atoms. The molecule has 0 spiro atoms. The van der Waals surface area contributed by atoms with E-state index in [1.165, 1.54) is 32.1 Å². The molecule has 0 amide bonds. The highest BCUT2D eigenvalue weighted by Gasteiger charge is 2.17. The van der Waals surface area contributed by atoms with Crippen LogP contribution in [0.5, 0.6) is 0 Å². The Kier molecular flexibility index (Phi) is 5.53. The van der Waals surface area contributed by atoms with Gasteiger partial charge in [-0.1, -0.05) is 39.2 Å². The first kappa shape index (κ1) is 13.2. The van der Waals surface area contributed by atoms with Crippen LogP contribution < -0.4 is 5.32 Å². The third kappa shape index (κ3) is 4.79. The molecular formula is C13H23NO2. The monoisotopic (exact) mass is 225 g/mol. The highest BCUT2D eigenvalue weighted by molar-refractivity contribution is 5.86. The summed E-state index contributed by atoms with van der Waals surface area (Å²) in [6.07, 6.45) is 6.55. The fraction of sp³-hybridized carbons (Fsp3) is 0.769. The quantitative estimate of drug-likeness (QED) is 0.539. The number of aliphatic carboxylic acids is 1. The molecule has 0 aromatic rings. The van der Waals surface area contributed by atoms with Crippen LogP contribution in [-0.4, -0.2) is 24.2 Å². The van der Waals surface area contributed by atoms with Crippen LogP contribution in [0.3, 0.4) is 0 Å². The van der Waals surface area contributed by atoms with E-state index in [9.17, 15) is 4.79 Å². The van der Waals surface area contributed by atoms with Crippen molar-refractivity contribution in [3.8, 4) is 0 Å². The lowest BCUT2D eigenvalue weighted by Gasteiger charge is -2.26. The summed E-state index contributed by atoms with van der Waals surface area (Å²) in [5, 5.41) is 11.8. The second-order valence-corrected chi connectivity index (χ2v) is 5.00. The molecule has 2 N–H and O–H groups in total. The summed E-state index contributed by atoms with van der Waals surface area (Å²) in [4.78, 5) is 10.5. The van der Waals surface area contributed by atoms with Gasteiger partial charge in [0.05, 0.1) is 0 Å². The highest BCUT2D eigenvalue weighted by atomic mass is 16.4. The van der Waals surface area contributed by atoms with Gasteiger partial charge in [0.25, 0.3) is 0 Å². The molecule has 1 aliphatic carbocycles. The topological polar surface area (TPSA) is 49.3 Å². The maximum Gasteiger partial charge on any atom is 0.332 e. The van der Waals surface area contributed by atoms with Crippen molar-refractivity contribution in [1.29, 1.82) is 0 Å². The number of hydrogen-bond acceptors (Lipinski definition) is 2. The van der Waals surface area contributed by atoms with E-state index in [-0.39, 0.29) is 5.57 Å². The number of rotatable bonds is 6. The second kappa shape index (κ2) is 6.69. The molecule has 1 saturated carbocycles. The Bertz CT molecular complexity index is 242. The molecule has 16 heavy (non-hydrogen) atoms. The summed E-state index contributed by atoms with van der Waals surface area (Å²) in [5.41, 5.74) is 0.247. The normalized spacial score (nSPS) is 25.3. The van der Waals surface area contributed by atoms with E-state index >= 15 is 0 Å². The minimum Gasteiger partial charge on any atom is -0.478 e. The van der Waals surface area contributed by atoms with Crippen LogP contribution in [-0.2, 0) is 4.79 Å². The Labute approximate surface area is 97.9 Å². The summed E-state index contributed by atoms with van der Waals surface area (Å²) in [7, 11) is 0. The average Bonchev–Trinajstić information content (AvgIpc) is 2.26. The van der Waals surface area contributed by atoms with Crippen LogP contribution in [0.4, 0.5) is 0 Å². The number of hydrogen-bond donors (Lipinski definition) is 2. The zero-order valence-electron chi connectivity index (χ0n) is 10.2. The van der Waals surface area contributed by atoms with Gasteiger partial charge < -0.3 is 10.4 Å². The SMILES string of the molecule is C=C(CNCCC1CCC(C)CC1)C(=O)O. The summed E-state index contributed by atoms with van der Waals surface area (Å²) in [5.74, 6) is 0.830. The highest BCUT2D eigenvalue weighted by Crippen LogP contribution is 2.29. The third-order valence-electron chi connectivity index (χ3n) is 3.51. The van der Waals surface area contributed by atoms with E-state index < -0.39 is 5.97 Å². The van der Waals surface area contributed by atoms with Gasteiger partial charge in [0, 0.05) is 12.1 Å². The molecule has 1 fully saturated rings. The van der Waals surface area contributed by atoms with Crippen molar-refractivity contribution < 1.29 is 9.90 Å². The Balaban J connectivity index is 2.03. The maximum atomic E-state index is 10.5. The molecule has 1 aliphatic rings. The smallest absolute Gasteiger partial charge is 0.332 e. The van der Waals surface area contributed by atoms with Crippen molar-refractivity contribution in [2.75, 3.05) is 13.1 Å². The average molecular weight is 225 g/mol. The van der Waals surface area contributed by atoms with E-state index in [1.807, 2.05) is 0 Å². The van der Waals surface area contributed by atoms with Crippen LogP contribution in [0.2, 0.25) is 0 Å². The first-order valence-corrected chi connectivity index (χ1v) is 6.21. The predicted molar refractivity (Wildman–Crippen MR) is 65.4 cm³/mol. The number of carbonyl (C=O) groups is 1. The van der Waals surface area contributed by atoms with Gasteiger partial charge in [-0.25, -0.2) is 4.79 Å². The molecule has 0 aromatic carbocycles. The van der Waals surface area contributed by atoms with Crippen molar-refractivity contribution in [1.82, 2.24) is 5.32 Å². The van der Waals surface area contributed by atoms with Gasteiger partial charge in [0.1, 0.15) is 0 Å². The molecule has 0 radical (unpaired) electrons. The molecule has 3 nitrogen and oxygen atoms in total. The Morgan fingerprint density at radius 3 is 2.56 bits per heavy atom. The molecule has 1 rings (SSSR count). The zero-order valence-corrected chi connectivity index (χ0v) is 10.2. The largest absolute Gasteiger partial charge is 0.478 e. The molecular weight excluding hydrogens is 202 g/mol. The lowest BCUT2D eigenvalue weighted by Crippen LogP contribution is -2.24. The van der Waals surface area contributed by atoms with Crippen molar-refractivity contribution in [3.63, 3.8) is 0 Å². The van der Waals surface area contributed by atoms with Gasteiger partial charge in [-0.05, 0) is 24.8 Å². The van der Waals surface area contributed by atoms with Crippen LogP contribution >= 0.6 is 0 Å². The summed E-state index contributed by atoms with van der Waals surface area (Å²) >= 11 is 0. The predicted octanol–water partition coefficient (Wildman–Crippen LogP) is 2.43. The standard InChI is InChI=1S/C13H23NO2/c1-10-3-5-12(6-4-10)7-8-14-9-11(2)13(15)16/h10,12,14H,2-9H2,1H3,(H,15,16). The summed E-state index contributed by atoms with van der Waals surface area (Å²) < 4.78 is 0. The number of nitrogens with one attached hydrogen (secondary N) is 1. The van der Waals surface area contributed by atoms with E-state index in [0.717, 1.165) is 18.4 Å². The van der Waals surface area contributed by atoms with Gasteiger partial charge in [-0.15, -0.1) is 0 Å². The molecule has 92 valence electrons. The van der Waals surface area contributed by atoms with Crippen molar-refractivity contribution >= 4 is 5.97 Å². The molecule has 0 atom stereocenters. The fourth-order valence-corrected chi connectivity index (χ4v) is 2.24. The summed E-state index contributed by atoms with van der Waals surface area (Å²) in [6.45, 7) is 7.12. The summed E-state index contributed by atoms with van der Waals surface area (Å²) in [6, 6.07) is 0. The van der Waals surface area contributed by atoms with Gasteiger partial charge in [0.15, 0.2) is 0 Å². The van der Waals surface area contributed by atoms with Crippen LogP contribution in [0.25, 0.3) is 0 Å². The minimum absolute atomic E-state index is 0.247. The Morgan fingerprint density at radius 1 is 1.38 bits per heavy atom. The van der Waals surface area contributed by atoms with Gasteiger partial charge >= 0.3 is 5.97 Å². The van der Waals surface area contributed by atoms with Gasteiger partial charge in [-0.3, -0.25) is 0 Å². The van der Waals surface area contributed by atoms with E-state index in [0.29, 0.717) is 6.54 Å². The second-order valence-electron chi connectivity index (χ2n) is 5.00. The molecule has 0 heterocycles. The lowest BCUT2D eigenvalue weighted by atomic mass is 9.81. The molecule has 3 heteroatoms. The Morgan fingerprint density at radius 2 is 2.00 bits per heavy atom. The van der Waals surface area contributed by atoms with Crippen LogP contribution in [0, 0.1) is 11.8 Å². The molecule has 0 unspecified atom stereocenters.